The first kappa shape index (κ1) is 14.8. The first-order valence-electron chi connectivity index (χ1n) is 5.95. The van der Waals surface area contributed by atoms with Crippen LogP contribution in [0.1, 0.15) is 29.8 Å². The minimum Gasteiger partial charge on any atom is -0.465 e. The molecule has 1 heterocycles. The number of aryl methyl sites for hydroxylation is 1. The summed E-state index contributed by atoms with van der Waals surface area (Å²) in [5.74, 6) is -1.04. The van der Waals surface area contributed by atoms with E-state index in [2.05, 4.69) is 10.1 Å². The number of amides is 1. The zero-order chi connectivity index (χ0) is 15.3. The van der Waals surface area contributed by atoms with E-state index in [9.17, 15) is 18.7 Å². The maximum Gasteiger partial charge on any atom is 0.338 e. The highest BCUT2D eigenvalue weighted by Gasteiger charge is 2.47. The zero-order valence-electron chi connectivity index (χ0n) is 11.7. The van der Waals surface area contributed by atoms with Crippen molar-refractivity contribution < 1.29 is 23.4 Å². The molecular weight excluding hydrogens is 282 g/mol. The van der Waals surface area contributed by atoms with Crippen molar-refractivity contribution in [2.24, 2.45) is 0 Å². The minimum absolute atomic E-state index is 0.236. The van der Waals surface area contributed by atoms with Gasteiger partial charge in [-0.3, -0.25) is 13.9 Å². The Kier molecular flexibility index (Phi) is 3.32. The molecule has 20 heavy (non-hydrogen) atoms. The molecule has 1 amide bonds. The molecule has 0 fully saturated rings. The zero-order valence-corrected chi connectivity index (χ0v) is 12.5. The average molecular weight is 299 g/mol. The van der Waals surface area contributed by atoms with Gasteiger partial charge in [0, 0.05) is 0 Å². The summed E-state index contributed by atoms with van der Waals surface area (Å²) in [5, 5.41) is 2.61. The summed E-state index contributed by atoms with van der Waals surface area (Å²) in [4.78, 5) is 23.9. The molecule has 2 rings (SSSR count). The fourth-order valence-electron chi connectivity index (χ4n) is 2.02. The predicted molar refractivity (Wildman–Crippen MR) is 76.3 cm³/mol. The van der Waals surface area contributed by atoms with Gasteiger partial charge in [0.2, 0.25) is 5.91 Å². The van der Waals surface area contributed by atoms with Crippen LogP contribution in [0.15, 0.2) is 17.0 Å². The second kappa shape index (κ2) is 4.47. The summed E-state index contributed by atoms with van der Waals surface area (Å²) >= 11 is 0. The van der Waals surface area contributed by atoms with Gasteiger partial charge in [0.25, 0.3) is 0 Å². The van der Waals surface area contributed by atoms with Gasteiger partial charge < -0.3 is 10.1 Å². The molecule has 1 aliphatic rings. The molecule has 0 radical (unpaired) electrons. The molecule has 0 saturated carbocycles. The second-order valence-corrected chi connectivity index (χ2v) is 7.73. The minimum atomic E-state index is -3.31. The Bertz CT molecular complexity index is 609. The van der Waals surface area contributed by atoms with Crippen LogP contribution in [0.25, 0.3) is 0 Å². The highest BCUT2D eigenvalue weighted by Crippen LogP contribution is 2.63. The molecule has 1 aliphatic heterocycles. The van der Waals surface area contributed by atoms with E-state index in [1.54, 1.807) is 6.92 Å². The van der Waals surface area contributed by atoms with Crippen molar-refractivity contribution in [2.45, 2.75) is 30.4 Å². The van der Waals surface area contributed by atoms with Crippen molar-refractivity contribution in [2.75, 3.05) is 12.4 Å². The lowest BCUT2D eigenvalue weighted by Crippen LogP contribution is -2.45. The van der Waals surface area contributed by atoms with E-state index in [1.165, 1.54) is 33.1 Å². The van der Waals surface area contributed by atoms with Gasteiger partial charge in [-0.25, -0.2) is 4.79 Å². The van der Waals surface area contributed by atoms with E-state index in [0.717, 1.165) is 0 Å². The number of esters is 1. The second-order valence-electron chi connectivity index (χ2n) is 5.17. The Morgan fingerprint density at radius 2 is 1.95 bits per heavy atom. The number of benzene rings is 1. The van der Waals surface area contributed by atoms with Crippen LogP contribution in [0, 0.1) is 6.92 Å². The van der Waals surface area contributed by atoms with Gasteiger partial charge in [0.15, 0.2) is 0 Å². The van der Waals surface area contributed by atoms with Crippen LogP contribution < -0.4 is 5.32 Å². The van der Waals surface area contributed by atoms with E-state index < -0.39 is 27.2 Å². The molecule has 1 aromatic rings. The third kappa shape index (κ3) is 1.90. The number of methoxy groups -OCH3 is 1. The van der Waals surface area contributed by atoms with E-state index in [1.807, 2.05) is 0 Å². The van der Waals surface area contributed by atoms with Gasteiger partial charge in [-0.1, -0.05) is 0 Å². The number of hydrogen-bond acceptors (Lipinski definition) is 5. The Hall–Kier alpha value is -1.57. The average Bonchev–Trinajstić information content (AvgIpc) is 2.37. The third-order valence-corrected chi connectivity index (χ3v) is 6.10. The van der Waals surface area contributed by atoms with Crippen molar-refractivity contribution in [3.63, 3.8) is 0 Å². The number of carbonyl (C=O) groups excluding carboxylic acids is 2. The summed E-state index contributed by atoms with van der Waals surface area (Å²) in [5.41, 5.74) is 1.07. The Labute approximate surface area is 118 Å². The smallest absolute Gasteiger partial charge is 0.338 e. The lowest BCUT2D eigenvalue weighted by Gasteiger charge is -2.49. The molecule has 0 aliphatic carbocycles. The van der Waals surface area contributed by atoms with E-state index in [-0.39, 0.29) is 16.1 Å². The van der Waals surface area contributed by atoms with Crippen LogP contribution in [0.5, 0.6) is 0 Å². The molecule has 0 saturated heterocycles. The van der Waals surface area contributed by atoms with E-state index >= 15 is 0 Å². The molecule has 0 unspecified atom stereocenters. The largest absolute Gasteiger partial charge is 0.465 e. The number of hydrogen-bond donors (Lipinski definition) is 3. The molecule has 1 aromatic carbocycles. The number of anilines is 1. The van der Waals surface area contributed by atoms with E-state index in [4.69, 9.17) is 0 Å². The number of rotatable bonds is 1. The topological polar surface area (TPSA) is 95.9 Å². The van der Waals surface area contributed by atoms with Gasteiger partial charge >= 0.3 is 5.97 Å². The molecule has 7 heteroatoms. The summed E-state index contributed by atoms with van der Waals surface area (Å²) in [6, 6.07) is 2.93. The van der Waals surface area contributed by atoms with Gasteiger partial charge in [-0.2, -0.15) is 10.6 Å². The summed E-state index contributed by atoms with van der Waals surface area (Å²) in [6.07, 6.45) is 0. The summed E-state index contributed by atoms with van der Waals surface area (Å²) < 4.78 is 24.1. The first-order chi connectivity index (χ1) is 9.12. The van der Waals surface area contributed by atoms with Crippen LogP contribution >= 0.6 is 10.6 Å². The molecule has 6 nitrogen and oxygen atoms in total. The normalized spacial score (nSPS) is 20.6. The molecule has 0 bridgehead atoms. The Balaban J connectivity index is 2.67. The first-order valence-corrected chi connectivity index (χ1v) is 7.50. The standard InChI is InChI=1S/C13H17NO5S/c1-7-5-10-9(6-8(7)11(15)19-4)14-12(16)13(2,3)20(10,17)18/h5-6,17-18H,1-4H3,(H,14,16). The number of ether oxygens (including phenoxy) is 1. The number of fused-ring (bicyclic) bond motifs is 1. The molecule has 0 spiro atoms. The van der Waals surface area contributed by atoms with Crippen LogP contribution in [0.2, 0.25) is 0 Å². The van der Waals surface area contributed by atoms with Crippen LogP contribution in [-0.4, -0.2) is 32.8 Å². The predicted octanol–water partition coefficient (Wildman–Crippen LogP) is 2.62. The number of carbonyl (C=O) groups is 2. The number of nitrogens with one attached hydrogen (secondary N) is 1. The fraction of sp³-hybridized carbons (Fsp3) is 0.385. The highest BCUT2D eigenvalue weighted by molar-refractivity contribution is 8.26. The van der Waals surface area contributed by atoms with Gasteiger partial charge in [-0.05, 0) is 38.5 Å². The maximum absolute atomic E-state index is 12.0. The van der Waals surface area contributed by atoms with Crippen LogP contribution in [-0.2, 0) is 9.53 Å². The molecule has 0 aromatic heterocycles. The summed E-state index contributed by atoms with van der Waals surface area (Å²) in [7, 11) is -2.04. The molecule has 110 valence electrons. The third-order valence-electron chi connectivity index (χ3n) is 3.55. The highest BCUT2D eigenvalue weighted by atomic mass is 32.3. The SMILES string of the molecule is COC(=O)c1cc2c(cc1C)S(O)(O)C(C)(C)C(=O)N2. The molecule has 3 N–H and O–H groups in total. The van der Waals surface area contributed by atoms with Crippen molar-refractivity contribution >= 4 is 28.2 Å². The van der Waals surface area contributed by atoms with Gasteiger partial charge in [-0.15, -0.1) is 0 Å². The lowest BCUT2D eigenvalue weighted by molar-refractivity contribution is -0.118. The fourth-order valence-corrected chi connectivity index (χ4v) is 3.64. The summed E-state index contributed by atoms with van der Waals surface area (Å²) in [6.45, 7) is 4.62. The van der Waals surface area contributed by atoms with Gasteiger partial charge in [0.05, 0.1) is 23.3 Å². The molecular formula is C13H17NO5S. The van der Waals surface area contributed by atoms with Crippen molar-refractivity contribution in [1.29, 1.82) is 0 Å². The maximum atomic E-state index is 12.0. The van der Waals surface area contributed by atoms with Crippen LogP contribution in [0.4, 0.5) is 5.69 Å². The Morgan fingerprint density at radius 3 is 2.50 bits per heavy atom. The van der Waals surface area contributed by atoms with Gasteiger partial charge in [0.1, 0.15) is 4.75 Å². The van der Waals surface area contributed by atoms with Crippen molar-refractivity contribution in [1.82, 2.24) is 0 Å². The van der Waals surface area contributed by atoms with Crippen molar-refractivity contribution in [3.05, 3.63) is 23.3 Å². The van der Waals surface area contributed by atoms with Crippen molar-refractivity contribution in [3.8, 4) is 0 Å². The Morgan fingerprint density at radius 1 is 1.35 bits per heavy atom. The van der Waals surface area contributed by atoms with E-state index in [0.29, 0.717) is 5.56 Å². The quantitative estimate of drug-likeness (QED) is 0.693. The molecule has 0 atom stereocenters. The lowest BCUT2D eigenvalue weighted by atomic mass is 10.1. The van der Waals surface area contributed by atoms with Crippen LogP contribution in [0.3, 0.4) is 0 Å². The monoisotopic (exact) mass is 299 g/mol.